The summed E-state index contributed by atoms with van der Waals surface area (Å²) in [7, 11) is 0. The Kier molecular flexibility index (Phi) is 10.5. The summed E-state index contributed by atoms with van der Waals surface area (Å²) in [5.74, 6) is -1.06. The Balaban J connectivity index is 0.00000432. The number of hydrogen-bond acceptors (Lipinski definition) is 7. The molecule has 2 aromatic rings. The molecule has 2 heterocycles. The average molecular weight is 504 g/mol. The first-order chi connectivity index (χ1) is 16.4. The van der Waals surface area contributed by atoms with E-state index in [0.717, 1.165) is 0 Å². The van der Waals surface area contributed by atoms with Gasteiger partial charge < -0.3 is 25.0 Å². The van der Waals surface area contributed by atoms with E-state index in [4.69, 9.17) is 20.6 Å². The highest BCUT2D eigenvalue weighted by atomic mass is 35.5. The predicted molar refractivity (Wildman–Crippen MR) is 131 cm³/mol. The molecule has 2 amide bonds. The lowest BCUT2D eigenvalue weighted by atomic mass is 10.0. The first kappa shape index (κ1) is 27.6. The highest BCUT2D eigenvalue weighted by molar-refractivity contribution is 6.35. The molecule has 1 aliphatic heterocycles. The van der Waals surface area contributed by atoms with Gasteiger partial charge in [0.15, 0.2) is 0 Å². The summed E-state index contributed by atoms with van der Waals surface area (Å²) >= 11 is 0. The fourth-order valence-electron chi connectivity index (χ4n) is 3.74. The fourth-order valence-corrected chi connectivity index (χ4v) is 3.74. The van der Waals surface area contributed by atoms with Gasteiger partial charge in [-0.05, 0) is 49.2 Å². The third-order valence-electron chi connectivity index (χ3n) is 5.46. The summed E-state index contributed by atoms with van der Waals surface area (Å²) in [6.45, 7) is 3.35. The predicted octanol–water partition coefficient (Wildman–Crippen LogP) is 1.92. The number of carbonyl (C=O) groups excluding carboxylic acids is 3. The van der Waals surface area contributed by atoms with Gasteiger partial charge in [0.2, 0.25) is 0 Å². The van der Waals surface area contributed by atoms with Crippen LogP contribution in [0.15, 0.2) is 48.8 Å². The number of ether oxygens (including phenoxy) is 2. The maximum Gasteiger partial charge on any atom is 0.312 e. The molecule has 0 aliphatic carbocycles. The normalized spacial score (nSPS) is 14.2. The van der Waals surface area contributed by atoms with Crippen LogP contribution in [0.4, 0.5) is 0 Å². The molecule has 0 spiro atoms. The monoisotopic (exact) mass is 503 g/mol. The molecule has 3 rings (SSSR count). The Morgan fingerprint density at radius 2 is 1.91 bits per heavy atom. The number of pyridine rings is 1. The molecule has 1 unspecified atom stereocenters. The van der Waals surface area contributed by atoms with Crippen molar-refractivity contribution in [3.05, 3.63) is 59.9 Å². The van der Waals surface area contributed by atoms with Gasteiger partial charge >= 0.3 is 17.8 Å². The average Bonchev–Trinajstić information content (AvgIpc) is 2.84. The number of nitrogen functional groups attached to an aromatic ring is 1. The molecule has 1 aromatic heterocycles. The Bertz CT molecular complexity index is 1020. The lowest BCUT2D eigenvalue weighted by Crippen LogP contribution is -2.55. The minimum absolute atomic E-state index is 0. The molecule has 1 atom stereocenters. The van der Waals surface area contributed by atoms with Gasteiger partial charge in [-0.1, -0.05) is 6.07 Å². The second kappa shape index (κ2) is 13.3. The topological polar surface area (TPSA) is 139 Å². The lowest BCUT2D eigenvalue weighted by molar-refractivity contribution is -0.159. The molecule has 0 saturated carbocycles. The Morgan fingerprint density at radius 3 is 2.54 bits per heavy atom. The van der Waals surface area contributed by atoms with E-state index in [0.29, 0.717) is 49.5 Å². The van der Waals surface area contributed by atoms with E-state index in [1.807, 2.05) is 0 Å². The summed E-state index contributed by atoms with van der Waals surface area (Å²) in [6.07, 6.45) is 3.70. The van der Waals surface area contributed by atoms with Gasteiger partial charge in [-0.25, -0.2) is 0 Å². The zero-order valence-electron chi connectivity index (χ0n) is 19.5. The minimum atomic E-state index is -0.648. The van der Waals surface area contributed by atoms with Crippen LogP contribution in [0.5, 0.6) is 5.75 Å². The van der Waals surface area contributed by atoms with Crippen LogP contribution in [-0.2, 0) is 19.1 Å². The first-order valence-electron chi connectivity index (χ1n) is 11.1. The molecule has 11 heteroatoms. The van der Waals surface area contributed by atoms with Gasteiger partial charge in [0.25, 0.3) is 0 Å². The number of nitrogens with zero attached hydrogens (tertiary/aromatic N) is 3. The number of halogens is 1. The maximum atomic E-state index is 12.9. The van der Waals surface area contributed by atoms with Crippen LogP contribution >= 0.6 is 12.4 Å². The quantitative estimate of drug-likeness (QED) is 0.157. The maximum absolute atomic E-state index is 12.9. The summed E-state index contributed by atoms with van der Waals surface area (Å²) in [6, 6.07) is 9.75. The minimum Gasteiger partial charge on any atom is -0.494 e. The van der Waals surface area contributed by atoms with E-state index in [1.165, 1.54) is 9.80 Å². The number of amides is 2. The molecule has 1 saturated heterocycles. The summed E-state index contributed by atoms with van der Waals surface area (Å²) in [5.41, 5.74) is 6.73. The van der Waals surface area contributed by atoms with Crippen molar-refractivity contribution in [2.24, 2.45) is 5.73 Å². The van der Waals surface area contributed by atoms with E-state index in [1.54, 1.807) is 55.7 Å². The van der Waals surface area contributed by atoms with Crippen molar-refractivity contribution in [3.8, 4) is 5.75 Å². The number of aromatic nitrogens is 1. The van der Waals surface area contributed by atoms with Crippen LogP contribution in [0.3, 0.4) is 0 Å². The zero-order valence-corrected chi connectivity index (χ0v) is 20.3. The van der Waals surface area contributed by atoms with E-state index in [2.05, 4.69) is 4.98 Å². The Hall–Kier alpha value is -3.66. The molecule has 10 nitrogen and oxygen atoms in total. The number of nitrogens with two attached hydrogens (primary N) is 1. The standard InChI is InChI=1S/C24H29N5O5.ClH/c1-2-33-21(30)15-20(18-5-3-10-27-16-18)29-13-12-28(23(31)24(29)32)11-4-14-34-19-8-6-17(7-9-19)22(25)26;/h3,5-10,16,20H,2,4,11-15H2,1H3,(H3,25,26);1H. The van der Waals surface area contributed by atoms with Crippen LogP contribution in [0.25, 0.3) is 0 Å². The number of esters is 1. The number of benzene rings is 1. The summed E-state index contributed by atoms with van der Waals surface area (Å²) in [4.78, 5) is 44.9. The first-order valence-corrected chi connectivity index (χ1v) is 11.1. The van der Waals surface area contributed by atoms with Crippen LogP contribution in [-0.4, -0.2) is 71.3 Å². The number of nitrogens with one attached hydrogen (secondary N) is 1. The van der Waals surface area contributed by atoms with Crippen molar-refractivity contribution >= 4 is 36.0 Å². The highest BCUT2D eigenvalue weighted by Crippen LogP contribution is 2.26. The van der Waals surface area contributed by atoms with E-state index in [9.17, 15) is 14.4 Å². The number of rotatable bonds is 11. The van der Waals surface area contributed by atoms with Gasteiger partial charge in [0.1, 0.15) is 11.6 Å². The van der Waals surface area contributed by atoms with E-state index < -0.39 is 23.8 Å². The zero-order chi connectivity index (χ0) is 24.5. The molecular weight excluding hydrogens is 474 g/mol. The number of carbonyl (C=O) groups is 3. The van der Waals surface area contributed by atoms with Crippen molar-refractivity contribution in [2.75, 3.05) is 32.8 Å². The largest absolute Gasteiger partial charge is 0.494 e. The van der Waals surface area contributed by atoms with Gasteiger partial charge in [-0.2, -0.15) is 0 Å². The summed E-state index contributed by atoms with van der Waals surface area (Å²) in [5, 5.41) is 7.41. The van der Waals surface area contributed by atoms with Crippen molar-refractivity contribution in [3.63, 3.8) is 0 Å². The second-order valence-electron chi connectivity index (χ2n) is 7.74. The van der Waals surface area contributed by atoms with Gasteiger partial charge in [-0.3, -0.25) is 24.8 Å². The Labute approximate surface area is 210 Å². The van der Waals surface area contributed by atoms with Crippen molar-refractivity contribution in [1.29, 1.82) is 5.41 Å². The van der Waals surface area contributed by atoms with Gasteiger partial charge in [0, 0.05) is 37.6 Å². The highest BCUT2D eigenvalue weighted by Gasteiger charge is 2.37. The van der Waals surface area contributed by atoms with Crippen molar-refractivity contribution in [1.82, 2.24) is 14.8 Å². The SMILES string of the molecule is CCOC(=O)CC(c1cccnc1)N1CCN(CCCOc2ccc(C(=N)N)cc2)C(=O)C1=O.Cl. The van der Waals surface area contributed by atoms with Crippen molar-refractivity contribution < 1.29 is 23.9 Å². The number of piperazine rings is 1. The number of amidine groups is 1. The fraction of sp³-hybridized carbons (Fsp3) is 0.375. The van der Waals surface area contributed by atoms with Crippen LogP contribution in [0, 0.1) is 5.41 Å². The molecule has 0 radical (unpaired) electrons. The second-order valence-corrected chi connectivity index (χ2v) is 7.74. The van der Waals surface area contributed by atoms with E-state index >= 15 is 0 Å². The van der Waals surface area contributed by atoms with E-state index in [-0.39, 0.29) is 31.3 Å². The third kappa shape index (κ3) is 7.41. The third-order valence-corrected chi connectivity index (χ3v) is 5.46. The molecular formula is C24H30ClN5O5. The van der Waals surface area contributed by atoms with Gasteiger partial charge in [0.05, 0.1) is 25.7 Å². The molecule has 1 fully saturated rings. The molecule has 188 valence electrons. The summed E-state index contributed by atoms with van der Waals surface area (Å²) < 4.78 is 10.7. The molecule has 3 N–H and O–H groups in total. The van der Waals surface area contributed by atoms with Gasteiger partial charge in [-0.15, -0.1) is 12.4 Å². The van der Waals surface area contributed by atoms with Crippen LogP contribution < -0.4 is 10.5 Å². The van der Waals surface area contributed by atoms with Crippen LogP contribution in [0.1, 0.15) is 36.9 Å². The molecule has 35 heavy (non-hydrogen) atoms. The molecule has 1 aliphatic rings. The van der Waals surface area contributed by atoms with Crippen LogP contribution in [0.2, 0.25) is 0 Å². The molecule has 1 aromatic carbocycles. The lowest BCUT2D eigenvalue weighted by Gasteiger charge is -2.38. The van der Waals surface area contributed by atoms with Crippen molar-refractivity contribution in [2.45, 2.75) is 25.8 Å². The molecule has 0 bridgehead atoms. The number of hydrogen-bond donors (Lipinski definition) is 2. The Morgan fingerprint density at radius 1 is 1.17 bits per heavy atom. The smallest absolute Gasteiger partial charge is 0.312 e.